The topological polar surface area (TPSA) is 49.3 Å². The molecule has 5 rings (SSSR count). The quantitative estimate of drug-likeness (QED) is 0.770. The molecular weight excluding hydrogens is 368 g/mol. The van der Waals surface area contributed by atoms with E-state index in [4.69, 9.17) is 0 Å². The van der Waals surface area contributed by atoms with Gasteiger partial charge in [-0.1, -0.05) is 25.8 Å². The second-order valence-electron chi connectivity index (χ2n) is 8.95. The minimum Gasteiger partial charge on any atom is -0.333 e. The minimum absolute atomic E-state index is 0.175. The van der Waals surface area contributed by atoms with Gasteiger partial charge < -0.3 is 4.90 Å². The second-order valence-corrected chi connectivity index (χ2v) is 9.95. The van der Waals surface area contributed by atoms with E-state index in [1.807, 2.05) is 25.1 Å². The maximum absolute atomic E-state index is 13.7. The van der Waals surface area contributed by atoms with Crippen molar-refractivity contribution in [2.45, 2.75) is 64.1 Å². The monoisotopic (exact) mass is 396 g/mol. The summed E-state index contributed by atoms with van der Waals surface area (Å²) in [5, 5.41) is 0.837. The summed E-state index contributed by atoms with van der Waals surface area (Å²) in [6.07, 6.45) is 7.90. The molecule has 6 heteroatoms. The molecule has 1 amide bonds. The molecule has 0 N–H and O–H groups in total. The summed E-state index contributed by atoms with van der Waals surface area (Å²) in [5.74, 6) is 0.175. The summed E-state index contributed by atoms with van der Waals surface area (Å²) in [7, 11) is 2.27. The average molecular weight is 397 g/mol. The third-order valence-electron chi connectivity index (χ3n) is 7.39. The van der Waals surface area contributed by atoms with Crippen LogP contribution < -0.4 is 0 Å². The fraction of sp³-hybridized carbons (Fsp3) is 0.591. The number of fused-ring (bicyclic) bond motifs is 1. The van der Waals surface area contributed by atoms with Crippen molar-refractivity contribution in [1.82, 2.24) is 19.8 Å². The molecule has 5 nitrogen and oxygen atoms in total. The third kappa shape index (κ3) is 2.65. The fourth-order valence-corrected chi connectivity index (χ4v) is 7.01. The van der Waals surface area contributed by atoms with E-state index in [0.29, 0.717) is 18.1 Å². The summed E-state index contributed by atoms with van der Waals surface area (Å²) in [5.41, 5.74) is 1.89. The number of likely N-dealkylation sites (tertiary alicyclic amines) is 2. The van der Waals surface area contributed by atoms with E-state index >= 15 is 0 Å². The number of carbonyl (C=O) groups excluding carboxylic acids is 1. The molecule has 1 saturated carbocycles. The van der Waals surface area contributed by atoms with Crippen LogP contribution in [0.3, 0.4) is 0 Å². The summed E-state index contributed by atoms with van der Waals surface area (Å²) in [4.78, 5) is 28.4. The molecule has 1 aliphatic carbocycles. The number of likely N-dealkylation sites (N-methyl/N-ethyl adjacent to an activating group) is 1. The van der Waals surface area contributed by atoms with E-state index in [9.17, 15) is 4.79 Å². The molecule has 3 fully saturated rings. The Balaban J connectivity index is 1.50. The van der Waals surface area contributed by atoms with Gasteiger partial charge in [-0.2, -0.15) is 0 Å². The van der Waals surface area contributed by atoms with Crippen LogP contribution in [0.1, 0.15) is 54.4 Å². The lowest BCUT2D eigenvalue weighted by atomic mass is 9.71. The maximum atomic E-state index is 13.7. The largest absolute Gasteiger partial charge is 0.333 e. The van der Waals surface area contributed by atoms with Gasteiger partial charge in [-0.25, -0.2) is 4.98 Å². The Bertz CT molecular complexity index is 897. The minimum atomic E-state index is 0.175. The Morgan fingerprint density at radius 3 is 2.79 bits per heavy atom. The molecule has 2 bridgehead atoms. The van der Waals surface area contributed by atoms with Crippen molar-refractivity contribution in [2.24, 2.45) is 5.41 Å². The highest BCUT2D eigenvalue weighted by molar-refractivity contribution is 7.17. The van der Waals surface area contributed by atoms with Crippen molar-refractivity contribution < 1.29 is 4.79 Å². The van der Waals surface area contributed by atoms with Gasteiger partial charge in [0.25, 0.3) is 5.91 Å². The molecule has 0 unspecified atom stereocenters. The number of hydrogen-bond donors (Lipinski definition) is 0. The molecule has 4 heterocycles. The molecule has 148 valence electrons. The molecule has 0 radical (unpaired) electrons. The maximum Gasteiger partial charge on any atom is 0.266 e. The van der Waals surface area contributed by atoms with E-state index in [0.717, 1.165) is 34.2 Å². The first kappa shape index (κ1) is 18.3. The first-order valence-electron chi connectivity index (χ1n) is 10.4. The van der Waals surface area contributed by atoms with Gasteiger partial charge >= 0.3 is 0 Å². The molecule has 2 aromatic rings. The first-order valence-corrected chi connectivity index (χ1v) is 11.2. The van der Waals surface area contributed by atoms with Crippen LogP contribution in [0.2, 0.25) is 0 Å². The molecular formula is C22H28N4OS. The molecule has 3 aliphatic rings. The fourth-order valence-electron chi connectivity index (χ4n) is 6.01. The third-order valence-corrected chi connectivity index (χ3v) is 8.56. The Kier molecular flexibility index (Phi) is 4.32. The molecule has 4 atom stereocenters. The number of rotatable bonds is 2. The van der Waals surface area contributed by atoms with Crippen molar-refractivity contribution >= 4 is 17.2 Å². The zero-order valence-corrected chi connectivity index (χ0v) is 17.7. The number of aryl methyl sites for hydroxylation is 1. The average Bonchev–Trinajstić information content (AvgIpc) is 3.10. The highest BCUT2D eigenvalue weighted by Crippen LogP contribution is 2.53. The van der Waals surface area contributed by atoms with Gasteiger partial charge in [-0.15, -0.1) is 11.3 Å². The first-order chi connectivity index (χ1) is 13.5. The SMILES string of the molecule is Cc1nc(-c2ccccn2)sc1C(=O)N1C[C@@H]2C[C@@]3(C)[C@H](CCCC[C@@H]13)N2C. The van der Waals surface area contributed by atoms with E-state index in [2.05, 4.69) is 33.7 Å². The van der Waals surface area contributed by atoms with Gasteiger partial charge in [0, 0.05) is 36.3 Å². The van der Waals surface area contributed by atoms with E-state index in [1.165, 1.54) is 37.0 Å². The van der Waals surface area contributed by atoms with Crippen LogP contribution in [0, 0.1) is 12.3 Å². The Labute approximate surface area is 170 Å². The highest BCUT2D eigenvalue weighted by atomic mass is 32.1. The molecule has 2 aromatic heterocycles. The predicted molar refractivity (Wildman–Crippen MR) is 111 cm³/mol. The number of nitrogens with zero attached hydrogens (tertiary/aromatic N) is 4. The van der Waals surface area contributed by atoms with Crippen LogP contribution in [-0.2, 0) is 0 Å². The lowest BCUT2D eigenvalue weighted by Gasteiger charge is -2.46. The zero-order chi connectivity index (χ0) is 19.5. The van der Waals surface area contributed by atoms with Crippen LogP contribution in [0.25, 0.3) is 10.7 Å². The van der Waals surface area contributed by atoms with E-state index in [-0.39, 0.29) is 11.3 Å². The van der Waals surface area contributed by atoms with Crippen LogP contribution in [0.15, 0.2) is 24.4 Å². The molecule has 2 aliphatic heterocycles. The van der Waals surface area contributed by atoms with Gasteiger partial charge in [-0.05, 0) is 45.4 Å². The summed E-state index contributed by atoms with van der Waals surface area (Å²) in [6.45, 7) is 5.24. The Morgan fingerprint density at radius 2 is 2.04 bits per heavy atom. The number of thiazole rings is 1. The number of piperidine rings is 1. The molecule has 2 saturated heterocycles. The second kappa shape index (κ2) is 6.63. The van der Waals surface area contributed by atoms with Crippen molar-refractivity contribution in [1.29, 1.82) is 0 Å². The van der Waals surface area contributed by atoms with Crippen molar-refractivity contribution in [2.75, 3.05) is 13.6 Å². The van der Waals surface area contributed by atoms with Crippen LogP contribution in [-0.4, -0.2) is 57.4 Å². The number of amides is 1. The molecule has 0 spiro atoms. The summed E-state index contributed by atoms with van der Waals surface area (Å²) >= 11 is 1.50. The van der Waals surface area contributed by atoms with E-state index in [1.54, 1.807) is 6.20 Å². The predicted octanol–water partition coefficient (Wildman–Crippen LogP) is 3.99. The number of aromatic nitrogens is 2. The summed E-state index contributed by atoms with van der Waals surface area (Å²) < 4.78 is 0. The molecule has 0 aromatic carbocycles. The van der Waals surface area contributed by atoms with Gasteiger partial charge in [-0.3, -0.25) is 14.7 Å². The van der Waals surface area contributed by atoms with Gasteiger partial charge in [0.05, 0.1) is 11.4 Å². The van der Waals surface area contributed by atoms with Gasteiger partial charge in [0.2, 0.25) is 0 Å². The standard InChI is InChI=1S/C22H28N4OS/c1-14-19(28-20(24-14)16-8-6-7-11-23-16)21(27)26-13-15-12-22(2)17(25(15)3)9-4-5-10-18(22)26/h6-8,11,15,17-18H,4-5,9-10,12-13H2,1-3H3/t15-,17-,18+,22-/m0/s1. The highest BCUT2D eigenvalue weighted by Gasteiger charge is 2.58. The number of pyridine rings is 1. The lowest BCUT2D eigenvalue weighted by Crippen LogP contribution is -2.55. The van der Waals surface area contributed by atoms with Crippen molar-refractivity contribution in [3.63, 3.8) is 0 Å². The number of carbonyl (C=O) groups is 1. The van der Waals surface area contributed by atoms with Crippen molar-refractivity contribution in [3.05, 3.63) is 35.0 Å². The van der Waals surface area contributed by atoms with Crippen LogP contribution in [0.5, 0.6) is 0 Å². The van der Waals surface area contributed by atoms with E-state index < -0.39 is 0 Å². The van der Waals surface area contributed by atoms with Crippen LogP contribution in [0.4, 0.5) is 0 Å². The summed E-state index contributed by atoms with van der Waals surface area (Å²) in [6, 6.07) is 7.25. The van der Waals surface area contributed by atoms with Crippen LogP contribution >= 0.6 is 11.3 Å². The number of hydrogen-bond acceptors (Lipinski definition) is 5. The van der Waals surface area contributed by atoms with Gasteiger partial charge in [0.15, 0.2) is 0 Å². The van der Waals surface area contributed by atoms with Gasteiger partial charge in [0.1, 0.15) is 9.88 Å². The Hall–Kier alpha value is -1.79. The lowest BCUT2D eigenvalue weighted by molar-refractivity contribution is 0.0287. The van der Waals surface area contributed by atoms with Crippen molar-refractivity contribution in [3.8, 4) is 10.7 Å². The zero-order valence-electron chi connectivity index (χ0n) is 16.9. The molecule has 28 heavy (non-hydrogen) atoms. The Morgan fingerprint density at radius 1 is 1.25 bits per heavy atom. The normalized spacial score (nSPS) is 32.4. The smallest absolute Gasteiger partial charge is 0.266 e.